The summed E-state index contributed by atoms with van der Waals surface area (Å²) < 4.78 is 21.5. The number of halogens is 1. The maximum absolute atomic E-state index is 13.9. The van der Waals surface area contributed by atoms with E-state index in [2.05, 4.69) is 20.7 Å². The van der Waals surface area contributed by atoms with Crippen LogP contribution in [0, 0.1) is 5.82 Å². The van der Waals surface area contributed by atoms with E-state index in [9.17, 15) is 9.50 Å². The SMILES string of the molecule is COc1ccc(F)cc1[C@H]1CCCN1c1ccnn1C1CCC(O)CC1. The van der Waals surface area contributed by atoms with Gasteiger partial charge in [-0.2, -0.15) is 5.10 Å². The molecule has 140 valence electrons. The third kappa shape index (κ3) is 3.18. The molecule has 4 rings (SSSR count). The van der Waals surface area contributed by atoms with Crippen molar-refractivity contribution in [3.05, 3.63) is 41.8 Å². The van der Waals surface area contributed by atoms with E-state index in [0.717, 1.165) is 62.2 Å². The van der Waals surface area contributed by atoms with Gasteiger partial charge in [0.15, 0.2) is 0 Å². The van der Waals surface area contributed by atoms with Gasteiger partial charge in [0.25, 0.3) is 0 Å². The van der Waals surface area contributed by atoms with Crippen LogP contribution in [0.25, 0.3) is 0 Å². The Kier molecular flexibility index (Phi) is 4.85. The number of benzene rings is 1. The molecular formula is C20H26FN3O2. The molecule has 1 aromatic heterocycles. The van der Waals surface area contributed by atoms with Crippen molar-refractivity contribution in [3.63, 3.8) is 0 Å². The van der Waals surface area contributed by atoms with Gasteiger partial charge < -0.3 is 14.7 Å². The highest BCUT2D eigenvalue weighted by Gasteiger charge is 2.32. The molecule has 0 radical (unpaired) electrons. The third-order valence-electron chi connectivity index (χ3n) is 5.76. The third-order valence-corrected chi connectivity index (χ3v) is 5.76. The fourth-order valence-electron chi connectivity index (χ4n) is 4.45. The van der Waals surface area contributed by atoms with Crippen LogP contribution in [0.2, 0.25) is 0 Å². The standard InChI is InChI=1S/C20H26FN3O2/c1-26-19-9-4-14(21)13-17(19)18-3-2-12-23(18)20-10-11-22-24(20)15-5-7-16(25)8-6-15/h4,9-11,13,15-16,18,25H,2-3,5-8,12H2,1H3/t15?,16?,18-/m1/s1. The summed E-state index contributed by atoms with van der Waals surface area (Å²) in [6.45, 7) is 0.922. The van der Waals surface area contributed by atoms with Crippen molar-refractivity contribution >= 4 is 5.82 Å². The number of hydrogen-bond acceptors (Lipinski definition) is 4. The molecule has 1 aromatic carbocycles. The summed E-state index contributed by atoms with van der Waals surface area (Å²) in [5, 5.41) is 14.4. The average Bonchev–Trinajstić information content (AvgIpc) is 3.31. The second-order valence-electron chi connectivity index (χ2n) is 7.33. The number of aromatic nitrogens is 2. The lowest BCUT2D eigenvalue weighted by atomic mass is 9.93. The lowest BCUT2D eigenvalue weighted by Gasteiger charge is -2.32. The van der Waals surface area contributed by atoms with Crippen LogP contribution in [0.5, 0.6) is 5.75 Å². The fourth-order valence-corrected chi connectivity index (χ4v) is 4.45. The number of rotatable bonds is 4. The Hall–Kier alpha value is -2.08. The van der Waals surface area contributed by atoms with Crippen molar-refractivity contribution in [2.75, 3.05) is 18.6 Å². The summed E-state index contributed by atoms with van der Waals surface area (Å²) in [7, 11) is 1.63. The zero-order valence-electron chi connectivity index (χ0n) is 15.1. The summed E-state index contributed by atoms with van der Waals surface area (Å²) in [6.07, 6.45) is 7.22. The quantitative estimate of drug-likeness (QED) is 0.901. The molecule has 0 spiro atoms. The lowest BCUT2D eigenvalue weighted by molar-refractivity contribution is 0.108. The van der Waals surface area contributed by atoms with E-state index in [4.69, 9.17) is 4.74 Å². The van der Waals surface area contributed by atoms with Gasteiger partial charge in [-0.25, -0.2) is 9.07 Å². The first kappa shape index (κ1) is 17.3. The van der Waals surface area contributed by atoms with Crippen molar-refractivity contribution in [2.45, 2.75) is 56.7 Å². The average molecular weight is 359 g/mol. The maximum atomic E-state index is 13.9. The van der Waals surface area contributed by atoms with Gasteiger partial charge in [-0.05, 0) is 56.7 Å². The first-order valence-corrected chi connectivity index (χ1v) is 9.49. The van der Waals surface area contributed by atoms with Gasteiger partial charge in [-0.15, -0.1) is 0 Å². The summed E-state index contributed by atoms with van der Waals surface area (Å²) >= 11 is 0. The molecule has 26 heavy (non-hydrogen) atoms. The zero-order chi connectivity index (χ0) is 18.1. The number of anilines is 1. The topological polar surface area (TPSA) is 50.5 Å². The largest absolute Gasteiger partial charge is 0.496 e. The summed E-state index contributed by atoms with van der Waals surface area (Å²) in [6, 6.07) is 7.21. The van der Waals surface area contributed by atoms with E-state index in [-0.39, 0.29) is 18.0 Å². The van der Waals surface area contributed by atoms with E-state index < -0.39 is 0 Å². The van der Waals surface area contributed by atoms with Crippen LogP contribution in [0.4, 0.5) is 10.2 Å². The molecule has 1 atom stereocenters. The van der Waals surface area contributed by atoms with E-state index in [1.54, 1.807) is 19.2 Å². The molecule has 2 fully saturated rings. The Balaban J connectivity index is 1.64. The second kappa shape index (κ2) is 7.27. The molecule has 0 unspecified atom stereocenters. The summed E-state index contributed by atoms with van der Waals surface area (Å²) in [5.41, 5.74) is 0.900. The first-order chi connectivity index (χ1) is 12.7. The predicted molar refractivity (Wildman–Crippen MR) is 98.0 cm³/mol. The molecule has 6 heteroatoms. The second-order valence-corrected chi connectivity index (χ2v) is 7.33. The zero-order valence-corrected chi connectivity index (χ0v) is 15.1. The van der Waals surface area contributed by atoms with Gasteiger partial charge in [0.05, 0.1) is 31.5 Å². The molecule has 1 saturated carbocycles. The molecule has 1 aliphatic carbocycles. The van der Waals surface area contributed by atoms with Gasteiger partial charge in [0.2, 0.25) is 0 Å². The Morgan fingerprint density at radius 1 is 1.15 bits per heavy atom. The van der Waals surface area contributed by atoms with Crippen LogP contribution in [-0.4, -0.2) is 34.6 Å². The van der Waals surface area contributed by atoms with Crippen molar-refractivity contribution in [3.8, 4) is 5.75 Å². The van der Waals surface area contributed by atoms with E-state index in [1.165, 1.54) is 6.07 Å². The van der Waals surface area contributed by atoms with Crippen LogP contribution in [-0.2, 0) is 0 Å². The molecule has 5 nitrogen and oxygen atoms in total. The first-order valence-electron chi connectivity index (χ1n) is 9.49. The maximum Gasteiger partial charge on any atom is 0.127 e. The van der Waals surface area contributed by atoms with Gasteiger partial charge in [-0.3, -0.25) is 0 Å². The highest BCUT2D eigenvalue weighted by atomic mass is 19.1. The molecule has 0 bridgehead atoms. The van der Waals surface area contributed by atoms with Crippen LogP contribution in [0.15, 0.2) is 30.5 Å². The lowest BCUT2D eigenvalue weighted by Crippen LogP contribution is -2.29. The van der Waals surface area contributed by atoms with E-state index >= 15 is 0 Å². The fraction of sp³-hybridized carbons (Fsp3) is 0.550. The minimum Gasteiger partial charge on any atom is -0.496 e. The molecule has 2 heterocycles. The van der Waals surface area contributed by atoms with Gasteiger partial charge in [-0.1, -0.05) is 0 Å². The number of nitrogens with zero attached hydrogens (tertiary/aromatic N) is 3. The molecule has 2 aliphatic rings. The molecule has 1 saturated heterocycles. The predicted octanol–water partition coefficient (Wildman–Crippen LogP) is 3.85. The normalized spacial score (nSPS) is 26.3. The molecule has 0 amide bonds. The number of hydrogen-bond donors (Lipinski definition) is 1. The highest BCUT2D eigenvalue weighted by molar-refractivity contribution is 5.48. The van der Waals surface area contributed by atoms with Crippen LogP contribution in [0.1, 0.15) is 56.2 Å². The van der Waals surface area contributed by atoms with Gasteiger partial charge in [0, 0.05) is 18.2 Å². The van der Waals surface area contributed by atoms with Crippen molar-refractivity contribution in [1.82, 2.24) is 9.78 Å². The molecule has 1 N–H and O–H groups in total. The Bertz CT molecular complexity index is 755. The number of aliphatic hydroxyl groups excluding tert-OH is 1. The van der Waals surface area contributed by atoms with E-state index in [1.807, 2.05) is 6.20 Å². The van der Waals surface area contributed by atoms with Crippen molar-refractivity contribution in [1.29, 1.82) is 0 Å². The molecular weight excluding hydrogens is 333 g/mol. The Morgan fingerprint density at radius 2 is 1.96 bits per heavy atom. The molecule has 2 aromatic rings. The number of ether oxygens (including phenoxy) is 1. The van der Waals surface area contributed by atoms with Gasteiger partial charge in [0.1, 0.15) is 17.4 Å². The Morgan fingerprint density at radius 3 is 2.73 bits per heavy atom. The van der Waals surface area contributed by atoms with E-state index in [0.29, 0.717) is 6.04 Å². The van der Waals surface area contributed by atoms with Crippen LogP contribution < -0.4 is 9.64 Å². The number of methoxy groups -OCH3 is 1. The minimum absolute atomic E-state index is 0.0882. The highest BCUT2D eigenvalue weighted by Crippen LogP contribution is 2.41. The monoisotopic (exact) mass is 359 g/mol. The van der Waals surface area contributed by atoms with Gasteiger partial charge >= 0.3 is 0 Å². The Labute approximate surface area is 153 Å². The van der Waals surface area contributed by atoms with Crippen LogP contribution in [0.3, 0.4) is 0 Å². The summed E-state index contributed by atoms with van der Waals surface area (Å²) in [5.74, 6) is 1.58. The number of aliphatic hydroxyl groups is 1. The van der Waals surface area contributed by atoms with Crippen molar-refractivity contribution < 1.29 is 14.2 Å². The minimum atomic E-state index is -0.234. The smallest absolute Gasteiger partial charge is 0.127 e. The summed E-state index contributed by atoms with van der Waals surface area (Å²) in [4.78, 5) is 2.33. The van der Waals surface area contributed by atoms with Crippen LogP contribution >= 0.6 is 0 Å². The van der Waals surface area contributed by atoms with Crippen molar-refractivity contribution in [2.24, 2.45) is 0 Å². The molecule has 1 aliphatic heterocycles.